The molecular weight excluding hydrogens is 705 g/mol. The number of Topliss-reactive ketones (excluding diaryl/α,β-unsaturated/α-hetero) is 1. The molecule has 2 aliphatic heterocycles. The number of hydrogen-bond donors (Lipinski definition) is 2. The SMILES string of the molecule is C=C/C=C(C=O)\C=C/C.CNCc1ccc(-c2ccc(OC)c3c(C(=O)C(=O)N4CCN(C)CC4)c[nH]c23)o1.O=Cc1ccc(C2(C(F)(F)F)N=N2)cc1.[HH]. The molecule has 0 spiro atoms. The molecule has 0 unspecified atom stereocenters. The Bertz CT molecular complexity index is 2060. The molecule has 2 aliphatic rings. The number of ether oxygens (including phenoxy) is 1. The summed E-state index contributed by atoms with van der Waals surface area (Å²) in [7, 11) is 5.41. The summed E-state index contributed by atoms with van der Waals surface area (Å²) in [6.07, 6.45) is 5.21. The van der Waals surface area contributed by atoms with Gasteiger partial charge in [-0.2, -0.15) is 13.2 Å². The van der Waals surface area contributed by atoms with Crippen LogP contribution in [0.4, 0.5) is 13.2 Å². The third kappa shape index (κ3) is 9.35. The maximum atomic E-state index is 13.1. The van der Waals surface area contributed by atoms with Crippen LogP contribution in [0.25, 0.3) is 22.2 Å². The number of amides is 1. The van der Waals surface area contributed by atoms with Crippen molar-refractivity contribution in [3.8, 4) is 17.1 Å². The summed E-state index contributed by atoms with van der Waals surface area (Å²) in [6, 6.07) is 12.5. The summed E-state index contributed by atoms with van der Waals surface area (Å²) in [5, 5.41) is 9.73. The minimum atomic E-state index is -4.52. The number of alkyl halides is 3. The van der Waals surface area contributed by atoms with E-state index in [2.05, 4.69) is 32.0 Å². The molecule has 0 bridgehead atoms. The lowest BCUT2D eigenvalue weighted by molar-refractivity contribution is -0.166. The number of aldehydes is 2. The molecule has 0 radical (unpaired) electrons. The molecule has 2 aromatic heterocycles. The van der Waals surface area contributed by atoms with E-state index in [0.29, 0.717) is 65.0 Å². The molecule has 15 heteroatoms. The zero-order valence-electron chi connectivity index (χ0n) is 30.3. The topological polar surface area (TPSA) is 150 Å². The number of methoxy groups -OCH3 is 1. The van der Waals surface area contributed by atoms with Gasteiger partial charge in [-0.3, -0.25) is 19.2 Å². The quantitative estimate of drug-likeness (QED) is 0.0553. The summed E-state index contributed by atoms with van der Waals surface area (Å²) < 4.78 is 49.0. The number of fused-ring (bicyclic) bond motifs is 1. The van der Waals surface area contributed by atoms with Gasteiger partial charge in [0.05, 0.1) is 30.1 Å². The van der Waals surface area contributed by atoms with Gasteiger partial charge in [-0.15, -0.1) is 10.2 Å². The molecule has 286 valence electrons. The highest BCUT2D eigenvalue weighted by Gasteiger charge is 2.65. The fourth-order valence-corrected chi connectivity index (χ4v) is 5.53. The van der Waals surface area contributed by atoms with Crippen molar-refractivity contribution in [1.29, 1.82) is 0 Å². The van der Waals surface area contributed by atoms with E-state index in [9.17, 15) is 32.3 Å². The average molecular weight is 749 g/mol. The smallest absolute Gasteiger partial charge is 0.442 e. The lowest BCUT2D eigenvalue weighted by atomic mass is 10.0. The minimum absolute atomic E-state index is 0. The average Bonchev–Trinajstić information content (AvgIpc) is 3.69. The van der Waals surface area contributed by atoms with Crippen LogP contribution in [0.3, 0.4) is 0 Å². The van der Waals surface area contributed by atoms with Crippen molar-refractivity contribution in [2.24, 2.45) is 10.2 Å². The number of rotatable bonds is 11. The first-order valence-corrected chi connectivity index (χ1v) is 16.8. The number of carbonyl (C=O) groups excluding carboxylic acids is 4. The van der Waals surface area contributed by atoms with E-state index in [4.69, 9.17) is 9.15 Å². The van der Waals surface area contributed by atoms with Gasteiger partial charge in [0.25, 0.3) is 11.7 Å². The molecule has 1 fully saturated rings. The van der Waals surface area contributed by atoms with Gasteiger partial charge < -0.3 is 29.3 Å². The largest absolute Gasteiger partial charge is 0.496 e. The maximum absolute atomic E-state index is 13.1. The highest BCUT2D eigenvalue weighted by Crippen LogP contribution is 2.52. The fourth-order valence-electron chi connectivity index (χ4n) is 5.53. The number of benzene rings is 2. The van der Waals surface area contributed by atoms with Gasteiger partial charge in [0.1, 0.15) is 29.8 Å². The Hall–Kier alpha value is -5.93. The van der Waals surface area contributed by atoms with Gasteiger partial charge in [-0.05, 0) is 45.3 Å². The van der Waals surface area contributed by atoms with E-state index in [1.165, 1.54) is 24.3 Å². The van der Waals surface area contributed by atoms with Crippen LogP contribution in [-0.2, 0) is 21.8 Å². The first-order valence-electron chi connectivity index (χ1n) is 16.8. The van der Waals surface area contributed by atoms with Crippen molar-refractivity contribution < 1.29 is 42.9 Å². The van der Waals surface area contributed by atoms with E-state index in [0.717, 1.165) is 30.7 Å². The van der Waals surface area contributed by atoms with Crippen LogP contribution < -0.4 is 10.1 Å². The predicted molar refractivity (Wildman–Crippen MR) is 199 cm³/mol. The van der Waals surface area contributed by atoms with Crippen LogP contribution in [-0.4, -0.2) is 92.6 Å². The number of H-pyrrole nitrogens is 1. The number of aromatic amines is 1. The number of hydrogen-bond acceptors (Lipinski definition) is 10. The summed E-state index contributed by atoms with van der Waals surface area (Å²) in [6.45, 7) is 8.55. The lowest BCUT2D eigenvalue weighted by Gasteiger charge is -2.31. The Morgan fingerprint density at radius 3 is 2.30 bits per heavy atom. The molecule has 0 saturated carbocycles. The highest BCUT2D eigenvalue weighted by atomic mass is 19.4. The standard InChI is InChI=1S/C22H26N4O4.C9H5F3N2O.C8H10O.H2/c1-23-12-14-4-6-17(30-14)15-5-7-18(29-3)19-16(13-24-20(15)19)21(27)22(28)26-10-8-25(2)9-11-26;10-9(11,12)8(13-14-8)7-3-1-6(5-15)2-4-7;1-3-5-8(7-9)6-4-2;/h4-7,13,23-24H,8-12H2,1-3H3;1-5H;3-7H,1H2,2H3;1H/b;;6-4-,8-5+;. The molecule has 2 N–H and O–H groups in total. The van der Waals surface area contributed by atoms with E-state index < -0.39 is 23.5 Å². The Morgan fingerprint density at radius 2 is 1.76 bits per heavy atom. The molecule has 1 amide bonds. The fraction of sp³-hybridized carbons (Fsp3) is 0.282. The van der Waals surface area contributed by atoms with Crippen LogP contribution in [0.5, 0.6) is 5.75 Å². The van der Waals surface area contributed by atoms with Crippen LogP contribution in [0.15, 0.2) is 106 Å². The Labute approximate surface area is 311 Å². The summed E-state index contributed by atoms with van der Waals surface area (Å²) in [4.78, 5) is 53.3. The molecule has 6 rings (SSSR count). The molecule has 4 aromatic rings. The summed E-state index contributed by atoms with van der Waals surface area (Å²) in [5.74, 6) is 1.01. The van der Waals surface area contributed by atoms with Gasteiger partial charge in [-0.1, -0.05) is 55.1 Å². The first-order chi connectivity index (χ1) is 25.9. The monoisotopic (exact) mass is 748 g/mol. The second-order valence-corrected chi connectivity index (χ2v) is 12.1. The number of nitrogens with one attached hydrogen (secondary N) is 2. The minimum Gasteiger partial charge on any atom is -0.496 e. The predicted octanol–water partition coefficient (Wildman–Crippen LogP) is 6.91. The van der Waals surface area contributed by atoms with Gasteiger partial charge >= 0.3 is 11.8 Å². The van der Waals surface area contributed by atoms with Crippen LogP contribution in [0.1, 0.15) is 40.4 Å². The van der Waals surface area contributed by atoms with Crippen molar-refractivity contribution in [3.63, 3.8) is 0 Å². The molecule has 4 heterocycles. The summed E-state index contributed by atoms with van der Waals surface area (Å²) in [5.41, 5.74) is 0.321. The molecule has 0 atom stereocenters. The molecule has 0 aliphatic carbocycles. The Morgan fingerprint density at radius 1 is 1.07 bits per heavy atom. The van der Waals surface area contributed by atoms with E-state index in [-0.39, 0.29) is 6.99 Å². The van der Waals surface area contributed by atoms with E-state index in [1.807, 2.05) is 45.3 Å². The second-order valence-electron chi connectivity index (χ2n) is 12.1. The number of ketones is 1. The zero-order chi connectivity index (χ0) is 39.5. The molecule has 54 heavy (non-hydrogen) atoms. The maximum Gasteiger partial charge on any atom is 0.442 e. The van der Waals surface area contributed by atoms with Crippen LogP contribution in [0, 0.1) is 0 Å². The number of aromatic nitrogens is 1. The second kappa shape index (κ2) is 18.2. The number of allylic oxidation sites excluding steroid dienone is 5. The lowest BCUT2D eigenvalue weighted by Crippen LogP contribution is -2.49. The van der Waals surface area contributed by atoms with Gasteiger partial charge in [0, 0.05) is 56.1 Å². The molecular formula is C39H43F3N6O6. The van der Waals surface area contributed by atoms with Crippen LogP contribution in [0.2, 0.25) is 0 Å². The van der Waals surface area contributed by atoms with Gasteiger partial charge in [-0.25, -0.2) is 0 Å². The van der Waals surface area contributed by atoms with Crippen molar-refractivity contribution in [2.75, 3.05) is 47.4 Å². The normalized spacial score (nSPS) is 15.2. The number of furan rings is 1. The highest BCUT2D eigenvalue weighted by molar-refractivity contribution is 6.45. The molecule has 1 saturated heterocycles. The zero-order valence-corrected chi connectivity index (χ0v) is 30.3. The van der Waals surface area contributed by atoms with E-state index in [1.54, 1.807) is 42.5 Å². The number of halogens is 3. The number of nitrogens with zero attached hydrogens (tertiary/aromatic N) is 4. The summed E-state index contributed by atoms with van der Waals surface area (Å²) >= 11 is 0. The van der Waals surface area contributed by atoms with Gasteiger partial charge in [0.2, 0.25) is 0 Å². The third-order valence-electron chi connectivity index (χ3n) is 8.47. The first kappa shape index (κ1) is 40.8. The third-order valence-corrected chi connectivity index (χ3v) is 8.47. The van der Waals surface area contributed by atoms with Crippen LogP contribution >= 0.6 is 0 Å². The Kier molecular flexibility index (Phi) is 13.8. The van der Waals surface area contributed by atoms with Crippen molar-refractivity contribution in [3.05, 3.63) is 114 Å². The Balaban J connectivity index is 0.000000270. The molecule has 12 nitrogen and oxygen atoms in total. The van der Waals surface area contributed by atoms with Crippen molar-refractivity contribution in [1.82, 2.24) is 20.1 Å². The number of likely N-dealkylation sites (N-methyl/N-ethyl adjacent to an activating group) is 1. The van der Waals surface area contributed by atoms with Crippen molar-refractivity contribution >= 4 is 35.2 Å². The number of carbonyl (C=O) groups is 4. The van der Waals surface area contributed by atoms with Gasteiger partial charge in [0.15, 0.2) is 0 Å². The van der Waals surface area contributed by atoms with Crippen molar-refractivity contribution in [2.45, 2.75) is 25.3 Å². The molecule has 2 aromatic carbocycles. The van der Waals surface area contributed by atoms with E-state index >= 15 is 0 Å². The number of piperazine rings is 1.